The number of nitrogens with zero attached hydrogens (tertiary/aromatic N) is 2. The third kappa shape index (κ3) is 5.70. The number of nitrogens with one attached hydrogen (secondary N) is 2. The van der Waals surface area contributed by atoms with E-state index in [9.17, 15) is 4.79 Å². The average Bonchev–Trinajstić information content (AvgIpc) is 2.71. The van der Waals surface area contributed by atoms with Crippen LogP contribution in [-0.4, -0.2) is 55.1 Å². The molecule has 2 N–H and O–H groups in total. The number of rotatable bonds is 6. The van der Waals surface area contributed by atoms with E-state index in [-0.39, 0.29) is 12.1 Å². The molecule has 0 bridgehead atoms. The minimum Gasteiger partial charge on any atom is -0.336 e. The first kappa shape index (κ1) is 19.7. The Morgan fingerprint density at radius 2 is 1.70 bits per heavy atom. The van der Waals surface area contributed by atoms with Crippen LogP contribution in [0.4, 0.5) is 10.5 Å². The van der Waals surface area contributed by atoms with Crippen molar-refractivity contribution < 1.29 is 4.79 Å². The molecule has 1 aliphatic rings. The molecule has 1 unspecified atom stereocenters. The van der Waals surface area contributed by atoms with E-state index in [0.29, 0.717) is 11.6 Å². The molecule has 0 saturated carbocycles. The monoisotopic (exact) mass is 386 g/mol. The van der Waals surface area contributed by atoms with Gasteiger partial charge in [0.2, 0.25) is 0 Å². The van der Waals surface area contributed by atoms with Gasteiger partial charge in [-0.05, 0) is 36.4 Å². The Bertz CT molecular complexity index is 715. The molecule has 3 rings (SSSR count). The molecule has 27 heavy (non-hydrogen) atoms. The first-order valence-electron chi connectivity index (χ1n) is 9.47. The van der Waals surface area contributed by atoms with Gasteiger partial charge in [-0.25, -0.2) is 4.79 Å². The lowest BCUT2D eigenvalue weighted by Gasteiger charge is -2.39. The number of urea groups is 1. The highest BCUT2D eigenvalue weighted by molar-refractivity contribution is 6.30. The van der Waals surface area contributed by atoms with Crippen LogP contribution in [-0.2, 0) is 0 Å². The maximum atomic E-state index is 12.3. The second-order valence-electron chi connectivity index (χ2n) is 6.74. The molecule has 1 heterocycles. The van der Waals surface area contributed by atoms with Crippen LogP contribution in [0, 0.1) is 0 Å². The number of benzene rings is 2. The Balaban J connectivity index is 1.61. The second-order valence-corrected chi connectivity index (χ2v) is 7.18. The summed E-state index contributed by atoms with van der Waals surface area (Å²) < 4.78 is 0. The summed E-state index contributed by atoms with van der Waals surface area (Å²) in [6.45, 7) is 8.00. The van der Waals surface area contributed by atoms with Gasteiger partial charge in [-0.2, -0.15) is 0 Å². The van der Waals surface area contributed by atoms with E-state index in [2.05, 4.69) is 51.6 Å². The van der Waals surface area contributed by atoms with E-state index in [1.807, 2.05) is 6.07 Å². The van der Waals surface area contributed by atoms with Crippen LogP contribution in [0.25, 0.3) is 0 Å². The first-order chi connectivity index (χ1) is 13.2. The van der Waals surface area contributed by atoms with E-state index < -0.39 is 0 Å². The van der Waals surface area contributed by atoms with E-state index in [1.54, 1.807) is 24.3 Å². The van der Waals surface area contributed by atoms with Gasteiger partial charge in [-0.3, -0.25) is 4.90 Å². The molecule has 1 aliphatic heterocycles. The van der Waals surface area contributed by atoms with E-state index in [1.165, 1.54) is 5.56 Å². The summed E-state index contributed by atoms with van der Waals surface area (Å²) in [6, 6.07) is 17.5. The summed E-state index contributed by atoms with van der Waals surface area (Å²) in [6.07, 6.45) is 0. The van der Waals surface area contributed by atoms with Crippen molar-refractivity contribution >= 4 is 23.3 Å². The lowest BCUT2D eigenvalue weighted by atomic mass is 10.0. The summed E-state index contributed by atoms with van der Waals surface area (Å²) in [5, 5.41) is 6.54. The molecule has 5 nitrogen and oxygen atoms in total. The molecule has 6 heteroatoms. The molecular weight excluding hydrogens is 360 g/mol. The Morgan fingerprint density at radius 3 is 2.33 bits per heavy atom. The van der Waals surface area contributed by atoms with Crippen LogP contribution >= 0.6 is 11.6 Å². The highest BCUT2D eigenvalue weighted by atomic mass is 35.5. The number of anilines is 1. The number of carbonyl (C=O) groups is 1. The molecule has 0 aliphatic carbocycles. The number of hydrogen-bond donors (Lipinski definition) is 2. The van der Waals surface area contributed by atoms with Crippen molar-refractivity contribution in [3.63, 3.8) is 0 Å². The second kappa shape index (κ2) is 9.74. The van der Waals surface area contributed by atoms with E-state index in [0.717, 1.165) is 38.4 Å². The van der Waals surface area contributed by atoms with Crippen molar-refractivity contribution in [1.29, 1.82) is 0 Å². The zero-order valence-electron chi connectivity index (χ0n) is 15.7. The van der Waals surface area contributed by atoms with E-state index in [4.69, 9.17) is 11.6 Å². The maximum absolute atomic E-state index is 12.3. The summed E-state index contributed by atoms with van der Waals surface area (Å²) in [5.74, 6) is 0. The number of hydrogen-bond acceptors (Lipinski definition) is 3. The summed E-state index contributed by atoms with van der Waals surface area (Å²) >= 11 is 5.89. The number of likely N-dealkylation sites (N-methyl/N-ethyl adjacent to an activating group) is 1. The largest absolute Gasteiger partial charge is 0.336 e. The standard InChI is InChI=1S/C21H27ClN4O/c1-2-25-12-14-26(15-13-25)20(17-6-4-3-5-7-17)16-23-21(27)24-19-10-8-18(22)9-11-19/h3-11,20H,2,12-16H2,1H3,(H2,23,24,27). The third-order valence-corrected chi connectivity index (χ3v) is 5.29. The van der Waals surface area contributed by atoms with Crippen LogP contribution in [0.15, 0.2) is 54.6 Å². The average molecular weight is 387 g/mol. The van der Waals surface area contributed by atoms with Crippen LogP contribution in [0.3, 0.4) is 0 Å². The Kier molecular flexibility index (Phi) is 7.10. The van der Waals surface area contributed by atoms with Gasteiger partial charge in [-0.1, -0.05) is 48.9 Å². The van der Waals surface area contributed by atoms with Crippen molar-refractivity contribution in [3.8, 4) is 0 Å². The molecule has 0 radical (unpaired) electrons. The molecule has 1 saturated heterocycles. The Hall–Kier alpha value is -2.08. The number of amides is 2. The number of halogens is 1. The number of piperazine rings is 1. The minimum absolute atomic E-state index is 0.168. The Labute approximate surface area is 166 Å². The third-order valence-electron chi connectivity index (χ3n) is 5.04. The van der Waals surface area contributed by atoms with Gasteiger partial charge in [-0.15, -0.1) is 0 Å². The van der Waals surface area contributed by atoms with Gasteiger partial charge in [0, 0.05) is 43.4 Å². The van der Waals surface area contributed by atoms with Gasteiger partial charge in [0.25, 0.3) is 0 Å². The lowest BCUT2D eigenvalue weighted by molar-refractivity contribution is 0.0992. The fourth-order valence-corrected chi connectivity index (χ4v) is 3.55. The fraction of sp³-hybridized carbons (Fsp3) is 0.381. The quantitative estimate of drug-likeness (QED) is 0.792. The van der Waals surface area contributed by atoms with Gasteiger partial charge < -0.3 is 15.5 Å². The van der Waals surface area contributed by atoms with E-state index >= 15 is 0 Å². The molecule has 2 aromatic carbocycles. The predicted molar refractivity (Wildman–Crippen MR) is 111 cm³/mol. The van der Waals surface area contributed by atoms with Crippen molar-refractivity contribution in [1.82, 2.24) is 15.1 Å². The molecule has 144 valence electrons. The smallest absolute Gasteiger partial charge is 0.319 e. The molecule has 2 amide bonds. The van der Waals surface area contributed by atoms with Crippen LogP contribution in [0.1, 0.15) is 18.5 Å². The van der Waals surface area contributed by atoms with Crippen LogP contribution in [0.5, 0.6) is 0 Å². The Morgan fingerprint density at radius 1 is 1.04 bits per heavy atom. The molecule has 0 spiro atoms. The highest BCUT2D eigenvalue weighted by Crippen LogP contribution is 2.21. The molecule has 1 fully saturated rings. The molecule has 2 aromatic rings. The zero-order chi connectivity index (χ0) is 19.1. The SMILES string of the molecule is CCN1CCN(C(CNC(=O)Nc2ccc(Cl)cc2)c2ccccc2)CC1. The predicted octanol–water partition coefficient (Wildman–Crippen LogP) is 3.84. The summed E-state index contributed by atoms with van der Waals surface area (Å²) in [7, 11) is 0. The normalized spacial score (nSPS) is 16.7. The van der Waals surface area contributed by atoms with Gasteiger partial charge in [0.05, 0.1) is 6.04 Å². The fourth-order valence-electron chi connectivity index (χ4n) is 3.42. The first-order valence-corrected chi connectivity index (χ1v) is 9.85. The van der Waals surface area contributed by atoms with Crippen LogP contribution < -0.4 is 10.6 Å². The zero-order valence-corrected chi connectivity index (χ0v) is 16.5. The van der Waals surface area contributed by atoms with Gasteiger partial charge in [0.1, 0.15) is 0 Å². The van der Waals surface area contributed by atoms with Crippen molar-refractivity contribution in [2.45, 2.75) is 13.0 Å². The maximum Gasteiger partial charge on any atom is 0.319 e. The van der Waals surface area contributed by atoms with Crippen molar-refractivity contribution in [3.05, 3.63) is 65.2 Å². The topological polar surface area (TPSA) is 47.6 Å². The highest BCUT2D eigenvalue weighted by Gasteiger charge is 2.24. The minimum atomic E-state index is -0.203. The van der Waals surface area contributed by atoms with Crippen LogP contribution in [0.2, 0.25) is 5.02 Å². The molecule has 1 atom stereocenters. The molecular formula is C21H27ClN4O. The van der Waals surface area contributed by atoms with Gasteiger partial charge >= 0.3 is 6.03 Å². The number of carbonyl (C=O) groups excluding carboxylic acids is 1. The van der Waals surface area contributed by atoms with Gasteiger partial charge in [0.15, 0.2) is 0 Å². The molecule has 0 aromatic heterocycles. The lowest BCUT2D eigenvalue weighted by Crippen LogP contribution is -2.49. The van der Waals surface area contributed by atoms with Crippen molar-refractivity contribution in [2.75, 3.05) is 44.6 Å². The van der Waals surface area contributed by atoms with Crippen molar-refractivity contribution in [2.24, 2.45) is 0 Å². The summed E-state index contributed by atoms with van der Waals surface area (Å²) in [5.41, 5.74) is 1.96. The summed E-state index contributed by atoms with van der Waals surface area (Å²) in [4.78, 5) is 17.3.